The van der Waals surface area contributed by atoms with Crippen molar-refractivity contribution in [2.24, 2.45) is 0 Å². The van der Waals surface area contributed by atoms with E-state index in [2.05, 4.69) is 10.3 Å². The Kier molecular flexibility index (Phi) is 9.93. The number of amides is 2. The number of nitrogens with one attached hydrogen (secondary N) is 2. The number of carbonyl (C=O) groups is 3. The Labute approximate surface area is 229 Å². The van der Waals surface area contributed by atoms with E-state index in [9.17, 15) is 14.4 Å². The number of aromatic nitrogens is 1. The van der Waals surface area contributed by atoms with Gasteiger partial charge >= 0.3 is 12.1 Å². The van der Waals surface area contributed by atoms with E-state index < -0.39 is 17.7 Å². The highest BCUT2D eigenvalue weighted by Crippen LogP contribution is 2.36. The van der Waals surface area contributed by atoms with E-state index in [0.717, 1.165) is 16.8 Å². The van der Waals surface area contributed by atoms with Gasteiger partial charge in [0.05, 0.1) is 49.4 Å². The van der Waals surface area contributed by atoms with Crippen LogP contribution < -0.4 is 5.32 Å². The minimum atomic E-state index is -0.542. The molecule has 0 spiro atoms. The molecule has 1 aromatic carbocycles. The van der Waals surface area contributed by atoms with Crippen LogP contribution in [0, 0.1) is 6.92 Å². The van der Waals surface area contributed by atoms with Crippen molar-refractivity contribution in [2.75, 3.05) is 45.3 Å². The molecule has 3 rings (SSSR count). The lowest BCUT2D eigenvalue weighted by atomic mass is 10.0. The molecule has 1 aliphatic rings. The molecular formula is C29H39N3O7. The Balaban J connectivity index is 1.58. The van der Waals surface area contributed by atoms with Crippen LogP contribution >= 0.6 is 0 Å². The molecule has 0 saturated heterocycles. The van der Waals surface area contributed by atoms with Gasteiger partial charge in [-0.25, -0.2) is 9.59 Å². The summed E-state index contributed by atoms with van der Waals surface area (Å²) in [7, 11) is 1.67. The zero-order valence-electron chi connectivity index (χ0n) is 23.8. The third kappa shape index (κ3) is 8.18. The third-order valence-electron chi connectivity index (χ3n) is 5.93. The first-order chi connectivity index (χ1) is 18.4. The predicted octanol–water partition coefficient (Wildman–Crippen LogP) is 4.95. The van der Waals surface area contributed by atoms with Gasteiger partial charge in [0, 0.05) is 30.5 Å². The number of aryl methyl sites for hydroxylation is 1. The Morgan fingerprint density at radius 3 is 2.56 bits per heavy atom. The summed E-state index contributed by atoms with van der Waals surface area (Å²) in [6.07, 6.45) is 1.04. The molecule has 0 aliphatic carbocycles. The van der Waals surface area contributed by atoms with Gasteiger partial charge in [-0.3, -0.25) is 4.79 Å². The second kappa shape index (κ2) is 12.9. The standard InChI is InChI=1S/C29H39N3O7/c1-8-37-27(34)23-15-18(2)30-25(23)17-22-21-16-20(9-10-24(21)31-26(22)33)19(3)38-14-13-36-12-11-32(7)28(35)39-29(4,5)6/h9-10,15-17,19,30H,8,11-14H2,1-7H3,(H,31,33)/b22-17-/t19-/m0/s1. The fourth-order valence-corrected chi connectivity index (χ4v) is 3.96. The lowest BCUT2D eigenvalue weighted by molar-refractivity contribution is -0.110. The van der Waals surface area contributed by atoms with Crippen LogP contribution in [0.25, 0.3) is 11.6 Å². The molecule has 0 unspecified atom stereocenters. The highest BCUT2D eigenvalue weighted by Gasteiger charge is 2.27. The molecule has 0 bridgehead atoms. The smallest absolute Gasteiger partial charge is 0.410 e. The van der Waals surface area contributed by atoms with Gasteiger partial charge in [-0.15, -0.1) is 0 Å². The maximum atomic E-state index is 12.8. The summed E-state index contributed by atoms with van der Waals surface area (Å²) in [5.74, 6) is -0.690. The molecule has 10 heteroatoms. The second-order valence-electron chi connectivity index (χ2n) is 10.3. The van der Waals surface area contributed by atoms with E-state index in [4.69, 9.17) is 18.9 Å². The average Bonchev–Trinajstić information content (AvgIpc) is 3.38. The maximum Gasteiger partial charge on any atom is 0.410 e. The Bertz CT molecular complexity index is 1230. The molecule has 0 radical (unpaired) electrons. The molecule has 39 heavy (non-hydrogen) atoms. The maximum absolute atomic E-state index is 12.8. The van der Waals surface area contributed by atoms with Gasteiger partial charge in [-0.2, -0.15) is 0 Å². The van der Waals surface area contributed by atoms with Gasteiger partial charge in [-0.1, -0.05) is 6.07 Å². The number of fused-ring (bicyclic) bond motifs is 1. The molecule has 2 aromatic rings. The molecular weight excluding hydrogens is 502 g/mol. The number of likely N-dealkylation sites (N-methyl/N-ethyl adjacent to an activating group) is 1. The van der Waals surface area contributed by atoms with E-state index in [0.29, 0.717) is 48.9 Å². The van der Waals surface area contributed by atoms with Crippen molar-refractivity contribution in [3.63, 3.8) is 0 Å². The summed E-state index contributed by atoms with van der Waals surface area (Å²) in [5, 5.41) is 2.88. The van der Waals surface area contributed by atoms with Crippen molar-refractivity contribution in [1.82, 2.24) is 9.88 Å². The molecule has 2 N–H and O–H groups in total. The summed E-state index contributed by atoms with van der Waals surface area (Å²) < 4.78 is 22.0. The first kappa shape index (κ1) is 29.9. The summed E-state index contributed by atoms with van der Waals surface area (Å²) in [5.41, 5.74) is 3.93. The third-order valence-corrected chi connectivity index (χ3v) is 5.93. The SMILES string of the molecule is CCOC(=O)c1cc(C)[nH]c1/C=C1\C(=O)Nc2ccc([C@H](C)OCCOCCN(C)C(=O)OC(C)(C)C)cc21. The zero-order valence-corrected chi connectivity index (χ0v) is 23.8. The summed E-state index contributed by atoms with van der Waals surface area (Å²) in [6.45, 7) is 12.7. The normalized spacial score (nSPS) is 14.6. The lowest BCUT2D eigenvalue weighted by Crippen LogP contribution is -2.36. The van der Waals surface area contributed by atoms with Crippen LogP contribution in [-0.4, -0.2) is 73.5 Å². The number of hydrogen-bond donors (Lipinski definition) is 2. The Hall–Kier alpha value is -3.63. The summed E-state index contributed by atoms with van der Waals surface area (Å²) >= 11 is 0. The number of rotatable bonds is 11. The van der Waals surface area contributed by atoms with Crippen LogP contribution in [-0.2, 0) is 23.7 Å². The Morgan fingerprint density at radius 2 is 1.87 bits per heavy atom. The van der Waals surface area contributed by atoms with Crippen LogP contribution in [0.4, 0.5) is 10.5 Å². The number of ether oxygens (including phenoxy) is 4. The predicted molar refractivity (Wildman–Crippen MR) is 148 cm³/mol. The fourth-order valence-electron chi connectivity index (χ4n) is 3.96. The molecule has 1 aromatic heterocycles. The molecule has 212 valence electrons. The van der Waals surface area contributed by atoms with Crippen LogP contribution in [0.15, 0.2) is 24.3 Å². The highest BCUT2D eigenvalue weighted by molar-refractivity contribution is 6.35. The molecule has 0 fully saturated rings. The summed E-state index contributed by atoms with van der Waals surface area (Å²) in [6, 6.07) is 7.38. The van der Waals surface area contributed by atoms with E-state index in [1.807, 2.05) is 52.8 Å². The summed E-state index contributed by atoms with van der Waals surface area (Å²) in [4.78, 5) is 41.8. The van der Waals surface area contributed by atoms with Crippen LogP contribution in [0.1, 0.15) is 73.6 Å². The number of benzene rings is 1. The average molecular weight is 542 g/mol. The molecule has 10 nitrogen and oxygen atoms in total. The first-order valence-electron chi connectivity index (χ1n) is 13.1. The molecule has 1 aliphatic heterocycles. The van der Waals surface area contributed by atoms with Crippen molar-refractivity contribution in [2.45, 2.75) is 53.2 Å². The topological polar surface area (TPSA) is 119 Å². The number of aromatic amines is 1. The van der Waals surface area contributed by atoms with Gasteiger partial charge in [0.15, 0.2) is 0 Å². The van der Waals surface area contributed by atoms with Crippen molar-refractivity contribution >= 4 is 35.3 Å². The number of hydrogen-bond acceptors (Lipinski definition) is 7. The number of nitrogens with zero attached hydrogens (tertiary/aromatic N) is 1. The van der Waals surface area contributed by atoms with E-state index in [-0.39, 0.29) is 18.6 Å². The number of anilines is 1. The molecule has 2 heterocycles. The number of H-pyrrole nitrogens is 1. The molecule has 1 atom stereocenters. The van der Waals surface area contributed by atoms with Crippen molar-refractivity contribution in [3.05, 3.63) is 52.3 Å². The van der Waals surface area contributed by atoms with E-state index >= 15 is 0 Å². The van der Waals surface area contributed by atoms with Gasteiger partial charge in [-0.05, 0) is 71.4 Å². The lowest BCUT2D eigenvalue weighted by Gasteiger charge is -2.24. The first-order valence-corrected chi connectivity index (χ1v) is 13.1. The largest absolute Gasteiger partial charge is 0.462 e. The number of carbonyl (C=O) groups excluding carboxylic acids is 3. The highest BCUT2D eigenvalue weighted by atomic mass is 16.6. The van der Waals surface area contributed by atoms with E-state index in [1.54, 1.807) is 26.1 Å². The van der Waals surface area contributed by atoms with Crippen LogP contribution in [0.5, 0.6) is 0 Å². The van der Waals surface area contributed by atoms with E-state index in [1.165, 1.54) is 4.90 Å². The minimum Gasteiger partial charge on any atom is -0.462 e. The van der Waals surface area contributed by atoms with Gasteiger partial charge in [0.1, 0.15) is 5.60 Å². The molecule has 0 saturated carbocycles. The van der Waals surface area contributed by atoms with Crippen molar-refractivity contribution < 1.29 is 33.3 Å². The van der Waals surface area contributed by atoms with Gasteiger partial charge in [0.25, 0.3) is 5.91 Å². The van der Waals surface area contributed by atoms with Gasteiger partial charge < -0.3 is 34.1 Å². The fraction of sp³-hybridized carbons (Fsp3) is 0.483. The zero-order chi connectivity index (χ0) is 28.7. The van der Waals surface area contributed by atoms with Gasteiger partial charge in [0.2, 0.25) is 0 Å². The Morgan fingerprint density at radius 1 is 1.13 bits per heavy atom. The van der Waals surface area contributed by atoms with Crippen molar-refractivity contribution in [3.8, 4) is 0 Å². The van der Waals surface area contributed by atoms with Crippen LogP contribution in [0.2, 0.25) is 0 Å². The number of esters is 1. The minimum absolute atomic E-state index is 0.247. The second-order valence-corrected chi connectivity index (χ2v) is 10.3. The van der Waals surface area contributed by atoms with Crippen molar-refractivity contribution in [1.29, 1.82) is 0 Å². The quantitative estimate of drug-likeness (QED) is 0.235. The monoisotopic (exact) mass is 541 g/mol. The molecule has 2 amide bonds. The van der Waals surface area contributed by atoms with Crippen LogP contribution in [0.3, 0.4) is 0 Å².